The number of carbonyl (C=O) groups excluding carboxylic acids is 2. The van der Waals surface area contributed by atoms with Gasteiger partial charge in [-0.25, -0.2) is 4.79 Å². The van der Waals surface area contributed by atoms with Crippen LogP contribution in [0.15, 0.2) is 95.3 Å². The van der Waals surface area contributed by atoms with Crippen LogP contribution < -0.4 is 24.3 Å². The van der Waals surface area contributed by atoms with E-state index in [0.29, 0.717) is 52.5 Å². The minimum absolute atomic E-state index is 0.0149. The fraction of sp³-hybridized carbons (Fsp3) is 0.294. The number of Topliss-reactive ketones (excluding diaryl/α,β-unsaturated/α-hetero) is 1. The van der Waals surface area contributed by atoms with Gasteiger partial charge in [-0.2, -0.15) is 0 Å². The van der Waals surface area contributed by atoms with Crippen LogP contribution in [0.4, 0.5) is 0 Å². The number of hydrogen-bond donors (Lipinski definition) is 1. The smallest absolute Gasteiger partial charge is 0.336 e. The second-order valence-corrected chi connectivity index (χ2v) is 10.2. The molecule has 0 bridgehead atoms. The zero-order valence-corrected chi connectivity index (χ0v) is 24.3. The number of benzene rings is 3. The van der Waals surface area contributed by atoms with Crippen LogP contribution in [-0.2, 0) is 14.3 Å². The molecule has 1 heterocycles. The molecule has 1 aliphatic carbocycles. The Kier molecular flexibility index (Phi) is 8.81. The molecule has 2 aliphatic rings. The standard InChI is InChI=1S/C34H35NO7/c1-21-30(34(37)42-18-17-41-25-9-6-5-7-10-25)31(26-11-8-12-29(39-3)33(26)40-4)32-27(35-21)19-23(20-28(32)36)22-13-15-24(38-2)16-14-22/h5-16,23,31,35H,17-20H2,1-4H3/t23-,31+/m1/s1. The molecule has 0 unspecified atom stereocenters. The third-order valence-corrected chi connectivity index (χ3v) is 7.71. The second kappa shape index (κ2) is 12.9. The van der Waals surface area contributed by atoms with Crippen LogP contribution in [0, 0.1) is 0 Å². The lowest BCUT2D eigenvalue weighted by Crippen LogP contribution is -2.36. The van der Waals surface area contributed by atoms with Gasteiger partial charge in [-0.1, -0.05) is 42.5 Å². The molecular weight excluding hydrogens is 534 g/mol. The first-order valence-corrected chi connectivity index (χ1v) is 13.9. The molecule has 3 aromatic carbocycles. The summed E-state index contributed by atoms with van der Waals surface area (Å²) in [4.78, 5) is 27.7. The molecular formula is C34H35NO7. The molecule has 0 fully saturated rings. The summed E-state index contributed by atoms with van der Waals surface area (Å²) in [6, 6.07) is 22.6. The van der Waals surface area contributed by atoms with Gasteiger partial charge in [0.15, 0.2) is 17.3 Å². The predicted octanol–water partition coefficient (Wildman–Crippen LogP) is 5.70. The first-order valence-electron chi connectivity index (χ1n) is 13.9. The summed E-state index contributed by atoms with van der Waals surface area (Å²) >= 11 is 0. The summed E-state index contributed by atoms with van der Waals surface area (Å²) in [6.07, 6.45) is 0.919. The van der Waals surface area contributed by atoms with Crippen LogP contribution >= 0.6 is 0 Å². The number of nitrogens with one attached hydrogen (secondary N) is 1. The average Bonchev–Trinajstić information content (AvgIpc) is 3.02. The summed E-state index contributed by atoms with van der Waals surface area (Å²) in [5.41, 5.74) is 4.04. The first kappa shape index (κ1) is 28.8. The highest BCUT2D eigenvalue weighted by Crippen LogP contribution is 2.49. The fourth-order valence-corrected chi connectivity index (χ4v) is 5.76. The highest BCUT2D eigenvalue weighted by molar-refractivity contribution is 6.04. The fourth-order valence-electron chi connectivity index (χ4n) is 5.76. The van der Waals surface area contributed by atoms with Crippen molar-refractivity contribution >= 4 is 11.8 Å². The third kappa shape index (κ3) is 5.84. The first-order chi connectivity index (χ1) is 20.4. The van der Waals surface area contributed by atoms with Crippen LogP contribution in [0.1, 0.15) is 42.7 Å². The topological polar surface area (TPSA) is 92.3 Å². The van der Waals surface area contributed by atoms with Crippen molar-refractivity contribution in [1.82, 2.24) is 5.32 Å². The number of rotatable bonds is 10. The lowest BCUT2D eigenvalue weighted by molar-refractivity contribution is -0.140. The zero-order valence-electron chi connectivity index (χ0n) is 24.3. The largest absolute Gasteiger partial charge is 0.497 e. The van der Waals surface area contributed by atoms with Crippen molar-refractivity contribution in [1.29, 1.82) is 0 Å². The molecule has 8 heteroatoms. The monoisotopic (exact) mass is 569 g/mol. The van der Waals surface area contributed by atoms with Gasteiger partial charge in [0.1, 0.15) is 24.7 Å². The van der Waals surface area contributed by atoms with Crippen molar-refractivity contribution in [3.8, 4) is 23.0 Å². The van der Waals surface area contributed by atoms with Crippen LogP contribution in [0.2, 0.25) is 0 Å². The zero-order chi connectivity index (χ0) is 29.6. The van der Waals surface area contributed by atoms with Crippen LogP contribution in [0.25, 0.3) is 0 Å². The van der Waals surface area contributed by atoms with E-state index in [9.17, 15) is 9.59 Å². The molecule has 1 aliphatic heterocycles. The van der Waals surface area contributed by atoms with Crippen LogP contribution in [-0.4, -0.2) is 46.3 Å². The van der Waals surface area contributed by atoms with E-state index in [4.69, 9.17) is 23.7 Å². The molecule has 0 saturated carbocycles. The molecule has 8 nitrogen and oxygen atoms in total. The van der Waals surface area contributed by atoms with Gasteiger partial charge in [-0.3, -0.25) is 4.79 Å². The Bertz CT molecular complexity index is 1510. The van der Waals surface area contributed by atoms with Gasteiger partial charge in [-0.05, 0) is 55.2 Å². The van der Waals surface area contributed by atoms with Gasteiger partial charge in [0, 0.05) is 29.0 Å². The van der Waals surface area contributed by atoms with E-state index in [2.05, 4.69) is 5.32 Å². The maximum absolute atomic E-state index is 14.0. The van der Waals surface area contributed by atoms with Crippen molar-refractivity contribution in [3.63, 3.8) is 0 Å². The summed E-state index contributed by atoms with van der Waals surface area (Å²) in [5.74, 6) is 1.16. The maximum Gasteiger partial charge on any atom is 0.336 e. The molecule has 0 spiro atoms. The minimum atomic E-state index is -0.696. The highest BCUT2D eigenvalue weighted by Gasteiger charge is 2.43. The molecule has 3 aromatic rings. The molecule has 0 aromatic heterocycles. The number of ether oxygens (including phenoxy) is 5. The third-order valence-electron chi connectivity index (χ3n) is 7.71. The normalized spacial score (nSPS) is 18.1. The van der Waals surface area contributed by atoms with Gasteiger partial charge < -0.3 is 29.0 Å². The van der Waals surface area contributed by atoms with Gasteiger partial charge in [0.05, 0.1) is 32.8 Å². The van der Waals surface area contributed by atoms with Crippen molar-refractivity contribution in [3.05, 3.63) is 106 Å². The van der Waals surface area contributed by atoms with Crippen molar-refractivity contribution in [2.24, 2.45) is 0 Å². The molecule has 0 radical (unpaired) electrons. The Morgan fingerprint density at radius 2 is 1.60 bits per heavy atom. The molecule has 0 saturated heterocycles. The Hall–Kier alpha value is -4.72. The Morgan fingerprint density at radius 1 is 0.833 bits per heavy atom. The molecule has 5 rings (SSSR count). The van der Waals surface area contributed by atoms with Gasteiger partial charge >= 0.3 is 5.97 Å². The SMILES string of the molecule is COc1ccc([C@H]2CC(=O)C3=C(C2)NC(C)=C(C(=O)OCCOc2ccccc2)[C@@H]3c2cccc(OC)c2OC)cc1. The van der Waals surface area contributed by atoms with Crippen LogP contribution in [0.3, 0.4) is 0 Å². The number of hydrogen-bond acceptors (Lipinski definition) is 8. The van der Waals surface area contributed by atoms with Gasteiger partial charge in [-0.15, -0.1) is 0 Å². The van der Waals surface area contributed by atoms with Gasteiger partial charge in [0.2, 0.25) is 0 Å². The predicted molar refractivity (Wildman–Crippen MR) is 158 cm³/mol. The molecule has 218 valence electrons. The second-order valence-electron chi connectivity index (χ2n) is 10.2. The molecule has 2 atom stereocenters. The van der Waals surface area contributed by atoms with Crippen LogP contribution in [0.5, 0.6) is 23.0 Å². The van der Waals surface area contributed by atoms with E-state index >= 15 is 0 Å². The number of dihydropyridines is 1. The van der Waals surface area contributed by atoms with E-state index < -0.39 is 11.9 Å². The summed E-state index contributed by atoms with van der Waals surface area (Å²) in [6.45, 7) is 2.08. The quantitative estimate of drug-likeness (QED) is 0.246. The minimum Gasteiger partial charge on any atom is -0.497 e. The summed E-state index contributed by atoms with van der Waals surface area (Å²) in [5, 5.41) is 3.39. The number of methoxy groups -OCH3 is 3. The van der Waals surface area contributed by atoms with E-state index in [0.717, 1.165) is 17.0 Å². The number of para-hydroxylation sites is 2. The Labute approximate surface area is 245 Å². The summed E-state index contributed by atoms with van der Waals surface area (Å²) < 4.78 is 28.1. The number of ketones is 1. The Morgan fingerprint density at radius 3 is 2.29 bits per heavy atom. The lowest BCUT2D eigenvalue weighted by atomic mass is 9.71. The lowest BCUT2D eigenvalue weighted by Gasteiger charge is -2.37. The Balaban J connectivity index is 1.48. The number of esters is 1. The number of allylic oxidation sites excluding steroid dienone is 3. The highest BCUT2D eigenvalue weighted by atomic mass is 16.6. The number of carbonyl (C=O) groups is 2. The molecule has 42 heavy (non-hydrogen) atoms. The average molecular weight is 570 g/mol. The molecule has 0 amide bonds. The van der Waals surface area contributed by atoms with Crippen molar-refractivity contribution < 1.29 is 33.3 Å². The maximum atomic E-state index is 14.0. The van der Waals surface area contributed by atoms with E-state index in [1.807, 2.05) is 73.7 Å². The van der Waals surface area contributed by atoms with Crippen molar-refractivity contribution in [2.75, 3.05) is 34.5 Å². The van der Waals surface area contributed by atoms with E-state index in [1.165, 1.54) is 0 Å². The summed E-state index contributed by atoms with van der Waals surface area (Å²) in [7, 11) is 4.74. The molecule has 1 N–H and O–H groups in total. The van der Waals surface area contributed by atoms with E-state index in [1.54, 1.807) is 27.4 Å². The van der Waals surface area contributed by atoms with E-state index in [-0.39, 0.29) is 24.9 Å². The van der Waals surface area contributed by atoms with Gasteiger partial charge in [0.25, 0.3) is 0 Å². The van der Waals surface area contributed by atoms with Crippen molar-refractivity contribution in [2.45, 2.75) is 31.6 Å².